The van der Waals surface area contributed by atoms with Crippen molar-refractivity contribution >= 4 is 29.7 Å². The van der Waals surface area contributed by atoms with Crippen LogP contribution in [-0.2, 0) is 11.2 Å². The number of aryl methyl sites for hydroxylation is 1. The molecule has 2 heterocycles. The van der Waals surface area contributed by atoms with Gasteiger partial charge in [0.05, 0.1) is 6.42 Å². The molecule has 0 atom stereocenters. The molecule has 1 aromatic rings. The maximum absolute atomic E-state index is 12.2. The maximum atomic E-state index is 12.2. The Balaban J connectivity index is 0.00000200. The second-order valence-electron chi connectivity index (χ2n) is 5.41. The van der Waals surface area contributed by atoms with Gasteiger partial charge in [0.25, 0.3) is 0 Å². The van der Waals surface area contributed by atoms with Crippen molar-refractivity contribution in [2.24, 2.45) is 5.92 Å². The molecule has 0 aliphatic carbocycles. The van der Waals surface area contributed by atoms with E-state index < -0.39 is 0 Å². The molecular weight excluding hydrogens is 292 g/mol. The number of thiophene rings is 1. The van der Waals surface area contributed by atoms with Gasteiger partial charge in [-0.15, -0.1) is 23.7 Å². The number of halogens is 1. The van der Waals surface area contributed by atoms with E-state index in [4.69, 9.17) is 0 Å². The van der Waals surface area contributed by atoms with Gasteiger partial charge in [-0.05, 0) is 57.8 Å². The number of nitrogens with one attached hydrogen (secondary N) is 1. The zero-order valence-electron chi connectivity index (χ0n) is 12.4. The SMILES string of the molecule is CNCCC1CCN(C(=O)Cc2ccc(C)s2)CC1.Cl. The third-order valence-electron chi connectivity index (χ3n) is 3.89. The molecule has 0 spiro atoms. The van der Waals surface area contributed by atoms with Crippen LogP contribution in [0.15, 0.2) is 12.1 Å². The van der Waals surface area contributed by atoms with Gasteiger partial charge < -0.3 is 10.2 Å². The van der Waals surface area contributed by atoms with Gasteiger partial charge in [-0.25, -0.2) is 0 Å². The molecule has 20 heavy (non-hydrogen) atoms. The predicted molar refractivity (Wildman–Crippen MR) is 87.9 cm³/mol. The van der Waals surface area contributed by atoms with E-state index in [1.54, 1.807) is 11.3 Å². The summed E-state index contributed by atoms with van der Waals surface area (Å²) in [5, 5.41) is 3.20. The second-order valence-corrected chi connectivity index (χ2v) is 6.78. The fraction of sp³-hybridized carbons (Fsp3) is 0.667. The summed E-state index contributed by atoms with van der Waals surface area (Å²) in [6.07, 6.45) is 4.15. The first-order valence-electron chi connectivity index (χ1n) is 7.16. The summed E-state index contributed by atoms with van der Waals surface area (Å²) in [5.74, 6) is 1.09. The van der Waals surface area contributed by atoms with Crippen molar-refractivity contribution < 1.29 is 4.79 Å². The van der Waals surface area contributed by atoms with Crippen molar-refractivity contribution in [2.75, 3.05) is 26.7 Å². The van der Waals surface area contributed by atoms with E-state index in [0.29, 0.717) is 12.3 Å². The number of piperidine rings is 1. The Hall–Kier alpha value is -0.580. The summed E-state index contributed by atoms with van der Waals surface area (Å²) >= 11 is 1.74. The van der Waals surface area contributed by atoms with Crippen LogP contribution in [0.25, 0.3) is 0 Å². The lowest BCUT2D eigenvalue weighted by atomic mass is 9.93. The monoisotopic (exact) mass is 316 g/mol. The Labute approximate surface area is 132 Å². The number of hydrogen-bond donors (Lipinski definition) is 1. The van der Waals surface area contributed by atoms with Crippen molar-refractivity contribution in [1.29, 1.82) is 0 Å². The van der Waals surface area contributed by atoms with E-state index in [0.717, 1.165) is 38.4 Å². The molecule has 1 saturated heterocycles. The number of carbonyl (C=O) groups is 1. The molecule has 1 fully saturated rings. The van der Waals surface area contributed by atoms with E-state index in [1.165, 1.54) is 16.2 Å². The minimum atomic E-state index is 0. The topological polar surface area (TPSA) is 32.3 Å². The highest BCUT2D eigenvalue weighted by molar-refractivity contribution is 7.12. The Bertz CT molecular complexity index is 414. The number of nitrogens with zero attached hydrogens (tertiary/aromatic N) is 1. The molecule has 1 aliphatic rings. The van der Waals surface area contributed by atoms with E-state index in [9.17, 15) is 4.79 Å². The predicted octanol–water partition coefficient (Wildman–Crippen LogP) is 2.87. The number of amides is 1. The van der Waals surface area contributed by atoms with Crippen LogP contribution in [0.3, 0.4) is 0 Å². The molecule has 114 valence electrons. The fourth-order valence-corrected chi connectivity index (χ4v) is 3.54. The third kappa shape index (κ3) is 5.08. The molecular formula is C15H25ClN2OS. The molecule has 1 N–H and O–H groups in total. The van der Waals surface area contributed by atoms with Crippen LogP contribution in [0.5, 0.6) is 0 Å². The first kappa shape index (κ1) is 17.5. The first-order valence-corrected chi connectivity index (χ1v) is 7.98. The summed E-state index contributed by atoms with van der Waals surface area (Å²) < 4.78 is 0. The lowest BCUT2D eigenvalue weighted by Crippen LogP contribution is -2.39. The van der Waals surface area contributed by atoms with Crippen LogP contribution < -0.4 is 5.32 Å². The summed E-state index contributed by atoms with van der Waals surface area (Å²) in [6.45, 7) is 5.06. The van der Waals surface area contributed by atoms with Crippen LogP contribution in [0, 0.1) is 12.8 Å². The van der Waals surface area contributed by atoms with Gasteiger partial charge >= 0.3 is 0 Å². The number of rotatable bonds is 5. The van der Waals surface area contributed by atoms with Crippen LogP contribution >= 0.6 is 23.7 Å². The first-order chi connectivity index (χ1) is 9.19. The van der Waals surface area contributed by atoms with Crippen LogP contribution in [0.4, 0.5) is 0 Å². The largest absolute Gasteiger partial charge is 0.342 e. The number of carbonyl (C=O) groups excluding carboxylic acids is 1. The highest BCUT2D eigenvalue weighted by atomic mass is 35.5. The Morgan fingerprint density at radius 1 is 1.40 bits per heavy atom. The van der Waals surface area contributed by atoms with Gasteiger partial charge in [-0.1, -0.05) is 0 Å². The molecule has 0 aromatic carbocycles. The van der Waals surface area contributed by atoms with Crippen molar-refractivity contribution in [2.45, 2.75) is 32.6 Å². The second kappa shape index (κ2) is 8.65. The lowest BCUT2D eigenvalue weighted by Gasteiger charge is -2.32. The standard InChI is InChI=1S/C15H24N2OS.ClH/c1-12-3-4-14(19-12)11-15(18)17-9-6-13(7-10-17)5-8-16-2;/h3-4,13,16H,5-11H2,1-2H3;1H. The highest BCUT2D eigenvalue weighted by Crippen LogP contribution is 2.22. The lowest BCUT2D eigenvalue weighted by molar-refractivity contribution is -0.131. The molecule has 2 rings (SSSR count). The van der Waals surface area contributed by atoms with Gasteiger partial charge in [0.2, 0.25) is 5.91 Å². The molecule has 1 aliphatic heterocycles. The third-order valence-corrected chi connectivity index (χ3v) is 4.89. The zero-order valence-corrected chi connectivity index (χ0v) is 14.0. The average molecular weight is 317 g/mol. The van der Waals surface area contributed by atoms with Crippen molar-refractivity contribution in [3.8, 4) is 0 Å². The molecule has 0 saturated carbocycles. The quantitative estimate of drug-likeness (QED) is 0.906. The minimum absolute atomic E-state index is 0. The van der Waals surface area contributed by atoms with Crippen molar-refractivity contribution in [1.82, 2.24) is 10.2 Å². The average Bonchev–Trinajstić information content (AvgIpc) is 2.82. The van der Waals surface area contributed by atoms with Crippen LogP contribution in [0.2, 0.25) is 0 Å². The van der Waals surface area contributed by atoms with Gasteiger partial charge in [-0.3, -0.25) is 4.79 Å². The van der Waals surface area contributed by atoms with E-state index in [1.807, 2.05) is 11.9 Å². The number of likely N-dealkylation sites (tertiary alicyclic amines) is 1. The Morgan fingerprint density at radius 2 is 2.10 bits per heavy atom. The van der Waals surface area contributed by atoms with Crippen LogP contribution in [0.1, 0.15) is 29.0 Å². The molecule has 0 radical (unpaired) electrons. The summed E-state index contributed by atoms with van der Waals surface area (Å²) in [6, 6.07) is 4.18. The number of hydrogen-bond acceptors (Lipinski definition) is 3. The molecule has 5 heteroatoms. The molecule has 0 unspecified atom stereocenters. The van der Waals surface area contributed by atoms with Gasteiger partial charge in [0.1, 0.15) is 0 Å². The smallest absolute Gasteiger partial charge is 0.227 e. The molecule has 1 aromatic heterocycles. The normalized spacial score (nSPS) is 16.0. The van der Waals surface area contributed by atoms with Crippen LogP contribution in [-0.4, -0.2) is 37.5 Å². The summed E-state index contributed by atoms with van der Waals surface area (Å²) in [4.78, 5) is 16.7. The zero-order chi connectivity index (χ0) is 13.7. The Morgan fingerprint density at radius 3 is 2.65 bits per heavy atom. The minimum Gasteiger partial charge on any atom is -0.342 e. The van der Waals surface area contributed by atoms with Gasteiger partial charge in [0.15, 0.2) is 0 Å². The Kier molecular flexibility index (Phi) is 7.56. The fourth-order valence-electron chi connectivity index (χ4n) is 2.66. The van der Waals surface area contributed by atoms with E-state index in [-0.39, 0.29) is 12.4 Å². The summed E-state index contributed by atoms with van der Waals surface area (Å²) in [5.41, 5.74) is 0. The van der Waals surface area contributed by atoms with E-state index in [2.05, 4.69) is 24.4 Å². The highest BCUT2D eigenvalue weighted by Gasteiger charge is 2.22. The van der Waals surface area contributed by atoms with Gasteiger partial charge in [0, 0.05) is 22.8 Å². The molecule has 1 amide bonds. The van der Waals surface area contributed by atoms with Crippen molar-refractivity contribution in [3.05, 3.63) is 21.9 Å². The summed E-state index contributed by atoms with van der Waals surface area (Å²) in [7, 11) is 2.00. The molecule has 0 bridgehead atoms. The maximum Gasteiger partial charge on any atom is 0.227 e. The molecule has 3 nitrogen and oxygen atoms in total. The van der Waals surface area contributed by atoms with Gasteiger partial charge in [-0.2, -0.15) is 0 Å². The van der Waals surface area contributed by atoms with E-state index >= 15 is 0 Å². The van der Waals surface area contributed by atoms with Crippen molar-refractivity contribution in [3.63, 3.8) is 0 Å².